The predicted octanol–water partition coefficient (Wildman–Crippen LogP) is 0.652. The first kappa shape index (κ1) is 17.3. The first-order valence-corrected chi connectivity index (χ1v) is 8.38. The number of hydrogen-bond acceptors (Lipinski definition) is 7. The predicted molar refractivity (Wildman–Crippen MR) is 86.1 cm³/mol. The van der Waals surface area contributed by atoms with E-state index in [4.69, 9.17) is 19.9 Å². The highest BCUT2D eigenvalue weighted by Gasteiger charge is 2.62. The molecule has 3 N–H and O–H groups in total. The van der Waals surface area contributed by atoms with Gasteiger partial charge in [-0.1, -0.05) is 13.8 Å². The molecule has 0 amide bonds. The number of nitrogens with two attached hydrogens (primary N) is 1. The van der Waals surface area contributed by atoms with Crippen LogP contribution in [0.2, 0.25) is 0 Å². The van der Waals surface area contributed by atoms with Crippen molar-refractivity contribution in [3.8, 4) is 0 Å². The Morgan fingerprint density at radius 3 is 2.71 bits per heavy atom. The number of ether oxygens (including phenoxy) is 3. The van der Waals surface area contributed by atoms with Gasteiger partial charge in [0.2, 0.25) is 0 Å². The minimum Gasteiger partial charge on any atom is -0.394 e. The molecule has 1 aromatic rings. The molecule has 3 heterocycles. The van der Waals surface area contributed by atoms with E-state index >= 15 is 0 Å². The molecule has 0 saturated carbocycles. The lowest BCUT2D eigenvalue weighted by molar-refractivity contribution is -0.191. The molecule has 24 heavy (non-hydrogen) atoms. The van der Waals surface area contributed by atoms with Gasteiger partial charge in [0.1, 0.15) is 23.6 Å². The van der Waals surface area contributed by atoms with Crippen molar-refractivity contribution in [1.29, 1.82) is 0 Å². The van der Waals surface area contributed by atoms with Gasteiger partial charge >= 0.3 is 5.69 Å². The van der Waals surface area contributed by atoms with Crippen molar-refractivity contribution in [3.05, 3.63) is 22.7 Å². The average Bonchev–Trinajstić information content (AvgIpc) is 3.01. The average molecular weight is 339 g/mol. The summed E-state index contributed by atoms with van der Waals surface area (Å²) < 4.78 is 19.5. The molecule has 5 atom stereocenters. The quantitative estimate of drug-likeness (QED) is 0.810. The van der Waals surface area contributed by atoms with Crippen molar-refractivity contribution >= 4 is 5.82 Å². The van der Waals surface area contributed by atoms with E-state index in [-0.39, 0.29) is 24.6 Å². The molecule has 0 spiro atoms. The second-order valence-electron chi connectivity index (χ2n) is 6.56. The van der Waals surface area contributed by atoms with Crippen LogP contribution < -0.4 is 11.4 Å². The van der Waals surface area contributed by atoms with Crippen LogP contribution in [0, 0.1) is 5.92 Å². The smallest absolute Gasteiger partial charge is 0.351 e. The van der Waals surface area contributed by atoms with Crippen LogP contribution >= 0.6 is 0 Å². The summed E-state index contributed by atoms with van der Waals surface area (Å²) >= 11 is 0. The van der Waals surface area contributed by atoms with Gasteiger partial charge in [-0.15, -0.1) is 0 Å². The third-order valence-electron chi connectivity index (χ3n) is 5.07. The number of aromatic nitrogens is 2. The minimum absolute atomic E-state index is 0.146. The van der Waals surface area contributed by atoms with Crippen LogP contribution in [0.3, 0.4) is 0 Å². The van der Waals surface area contributed by atoms with Crippen LogP contribution in [-0.2, 0) is 14.2 Å². The summed E-state index contributed by atoms with van der Waals surface area (Å²) in [4.78, 5) is 16.0. The number of nitrogen functional groups attached to an aromatic ring is 1. The molecule has 0 aliphatic carbocycles. The van der Waals surface area contributed by atoms with E-state index in [0.29, 0.717) is 0 Å². The Labute approximate surface area is 140 Å². The first-order valence-electron chi connectivity index (χ1n) is 8.38. The third-order valence-corrected chi connectivity index (χ3v) is 5.07. The lowest BCUT2D eigenvalue weighted by Crippen LogP contribution is -2.44. The number of fused-ring (bicyclic) bond motifs is 1. The molecular weight excluding hydrogens is 314 g/mol. The van der Waals surface area contributed by atoms with Crippen LogP contribution in [-0.4, -0.2) is 45.4 Å². The molecule has 134 valence electrons. The van der Waals surface area contributed by atoms with Gasteiger partial charge in [0, 0.05) is 12.1 Å². The van der Waals surface area contributed by atoms with E-state index in [1.807, 2.05) is 6.92 Å². The zero-order valence-corrected chi connectivity index (χ0v) is 14.2. The van der Waals surface area contributed by atoms with Crippen molar-refractivity contribution in [1.82, 2.24) is 9.55 Å². The van der Waals surface area contributed by atoms with E-state index in [1.54, 1.807) is 0 Å². The van der Waals surface area contributed by atoms with Gasteiger partial charge in [0.15, 0.2) is 12.5 Å². The van der Waals surface area contributed by atoms with E-state index in [2.05, 4.69) is 18.8 Å². The van der Waals surface area contributed by atoms with Crippen molar-refractivity contribution in [2.75, 3.05) is 12.3 Å². The number of rotatable bonds is 5. The lowest BCUT2D eigenvalue weighted by Gasteiger charge is -2.30. The SMILES string of the molecule is CCC(CC)C1O[C@@H]2[C@@H](CO)OC(n3ccc(N)nc3=O)[C@]2(C)O1. The van der Waals surface area contributed by atoms with E-state index < -0.39 is 29.7 Å². The summed E-state index contributed by atoms with van der Waals surface area (Å²) in [5.74, 6) is 0.391. The lowest BCUT2D eigenvalue weighted by atomic mass is 9.96. The van der Waals surface area contributed by atoms with Crippen LogP contribution in [0.1, 0.15) is 39.8 Å². The molecule has 2 aliphatic heterocycles. The Bertz CT molecular complexity index is 647. The van der Waals surface area contributed by atoms with Crippen molar-refractivity contribution < 1.29 is 19.3 Å². The minimum atomic E-state index is -0.887. The molecule has 0 bridgehead atoms. The highest BCUT2D eigenvalue weighted by atomic mass is 16.8. The normalized spacial score (nSPS) is 35.5. The Hall–Kier alpha value is -1.48. The first-order chi connectivity index (χ1) is 11.4. The fourth-order valence-electron chi connectivity index (χ4n) is 3.62. The number of hydrogen-bond donors (Lipinski definition) is 2. The zero-order chi connectivity index (χ0) is 17.5. The molecule has 8 heteroatoms. The number of aliphatic hydroxyl groups excluding tert-OH is 1. The third kappa shape index (κ3) is 2.63. The van der Waals surface area contributed by atoms with Crippen molar-refractivity contribution in [2.45, 2.75) is 63.9 Å². The van der Waals surface area contributed by atoms with E-state index in [9.17, 15) is 9.90 Å². The highest BCUT2D eigenvalue weighted by molar-refractivity contribution is 5.24. The van der Waals surface area contributed by atoms with E-state index in [0.717, 1.165) is 12.8 Å². The van der Waals surface area contributed by atoms with Crippen LogP contribution in [0.4, 0.5) is 5.82 Å². The molecule has 3 rings (SSSR count). The Morgan fingerprint density at radius 2 is 2.12 bits per heavy atom. The van der Waals surface area contributed by atoms with Gasteiger partial charge in [-0.2, -0.15) is 4.98 Å². The largest absolute Gasteiger partial charge is 0.394 e. The maximum atomic E-state index is 12.2. The molecule has 2 unspecified atom stereocenters. The maximum absolute atomic E-state index is 12.2. The fourth-order valence-corrected chi connectivity index (χ4v) is 3.62. The molecule has 2 aliphatic rings. The molecule has 0 aromatic carbocycles. The zero-order valence-electron chi connectivity index (χ0n) is 14.2. The number of aliphatic hydroxyl groups is 1. The second kappa shape index (κ2) is 6.44. The standard InChI is InChI=1S/C16H25N3O5/c1-4-9(5-2)13-23-12-10(8-20)22-14(16(12,3)24-13)19-7-6-11(17)18-15(19)21/h6-7,9-10,12-14,20H,4-5,8H2,1-3H3,(H2,17,18,21)/t10-,12-,13?,14?,16-/m1/s1. The molecule has 2 saturated heterocycles. The topological polar surface area (TPSA) is 109 Å². The summed E-state index contributed by atoms with van der Waals surface area (Å²) in [5.41, 5.74) is 4.15. The molecule has 1 aromatic heterocycles. The Kier molecular flexibility index (Phi) is 4.65. The van der Waals surface area contributed by atoms with Gasteiger partial charge in [-0.3, -0.25) is 4.57 Å². The monoisotopic (exact) mass is 339 g/mol. The summed E-state index contributed by atoms with van der Waals surface area (Å²) in [6.07, 6.45) is 1.23. The molecule has 0 radical (unpaired) electrons. The number of nitrogens with zero attached hydrogens (tertiary/aromatic N) is 2. The Balaban J connectivity index is 1.96. The maximum Gasteiger partial charge on any atom is 0.351 e. The second-order valence-corrected chi connectivity index (χ2v) is 6.56. The van der Waals surface area contributed by atoms with Crippen molar-refractivity contribution in [3.63, 3.8) is 0 Å². The fraction of sp³-hybridized carbons (Fsp3) is 0.750. The molecule has 8 nitrogen and oxygen atoms in total. The number of anilines is 1. The molecular formula is C16H25N3O5. The van der Waals surface area contributed by atoms with Gasteiger partial charge < -0.3 is 25.1 Å². The van der Waals surface area contributed by atoms with Crippen LogP contribution in [0.25, 0.3) is 0 Å². The molecule has 2 fully saturated rings. The van der Waals surface area contributed by atoms with Gasteiger partial charge in [0.05, 0.1) is 6.61 Å². The highest BCUT2D eigenvalue weighted by Crippen LogP contribution is 2.49. The van der Waals surface area contributed by atoms with Gasteiger partial charge in [-0.05, 0) is 25.8 Å². The van der Waals surface area contributed by atoms with Crippen molar-refractivity contribution in [2.24, 2.45) is 5.92 Å². The van der Waals surface area contributed by atoms with Gasteiger partial charge in [0.25, 0.3) is 0 Å². The van der Waals surface area contributed by atoms with Crippen LogP contribution in [0.5, 0.6) is 0 Å². The van der Waals surface area contributed by atoms with Crippen LogP contribution in [0.15, 0.2) is 17.1 Å². The summed E-state index contributed by atoms with van der Waals surface area (Å²) in [6.45, 7) is 5.81. The Morgan fingerprint density at radius 1 is 1.42 bits per heavy atom. The summed E-state index contributed by atoms with van der Waals surface area (Å²) in [5, 5.41) is 9.66. The van der Waals surface area contributed by atoms with E-state index in [1.165, 1.54) is 16.8 Å². The van der Waals surface area contributed by atoms with Gasteiger partial charge in [-0.25, -0.2) is 4.79 Å². The summed E-state index contributed by atoms with van der Waals surface area (Å²) in [6, 6.07) is 1.53. The summed E-state index contributed by atoms with van der Waals surface area (Å²) in [7, 11) is 0.